The molecule has 2 N–H and O–H groups in total. The van der Waals surface area contributed by atoms with E-state index in [-0.39, 0.29) is 13.0 Å². The highest BCUT2D eigenvalue weighted by molar-refractivity contribution is 6.31. The number of halogens is 1. The lowest BCUT2D eigenvalue weighted by atomic mass is 9.92. The van der Waals surface area contributed by atoms with Gasteiger partial charge in [0.25, 0.3) is 5.91 Å². The third-order valence-corrected chi connectivity index (χ3v) is 5.21. The number of aromatic nitrogens is 1. The zero-order chi connectivity index (χ0) is 21.5. The quantitative estimate of drug-likeness (QED) is 0.604. The van der Waals surface area contributed by atoms with E-state index in [0.29, 0.717) is 26.7 Å². The summed E-state index contributed by atoms with van der Waals surface area (Å²) in [5, 5.41) is 3.68. The Labute approximate surface area is 175 Å². The third kappa shape index (κ3) is 3.33. The first-order chi connectivity index (χ1) is 14.3. The predicted octanol–water partition coefficient (Wildman–Crippen LogP) is 2.14. The zero-order valence-electron chi connectivity index (χ0n) is 15.8. The molecule has 0 saturated carbocycles. The number of amides is 4. The summed E-state index contributed by atoms with van der Waals surface area (Å²) in [7, 11) is 0. The molecule has 1 aliphatic rings. The second-order valence-electron chi connectivity index (χ2n) is 6.98. The Hall–Kier alpha value is -3.59. The van der Waals surface area contributed by atoms with Gasteiger partial charge in [-0.1, -0.05) is 41.9 Å². The summed E-state index contributed by atoms with van der Waals surface area (Å²) in [6.45, 7) is 1.57. The monoisotopic (exact) mass is 428 g/mol. The van der Waals surface area contributed by atoms with E-state index in [1.54, 1.807) is 49.4 Å². The van der Waals surface area contributed by atoms with Crippen molar-refractivity contribution in [1.29, 1.82) is 0 Å². The Bertz CT molecular complexity index is 1220. The minimum atomic E-state index is -1.29. The highest BCUT2D eigenvalue weighted by Crippen LogP contribution is 2.27. The van der Waals surface area contributed by atoms with E-state index in [1.165, 1.54) is 10.6 Å². The highest BCUT2D eigenvalue weighted by Gasteiger charge is 2.49. The molecule has 2 aromatic carbocycles. The molecule has 10 heteroatoms. The van der Waals surface area contributed by atoms with E-state index < -0.39 is 29.1 Å². The van der Waals surface area contributed by atoms with E-state index >= 15 is 0 Å². The third-order valence-electron chi connectivity index (χ3n) is 4.97. The molecule has 0 radical (unpaired) electrons. The molecule has 1 fully saturated rings. The maximum Gasteiger partial charge on any atom is 0.419 e. The molecule has 30 heavy (non-hydrogen) atoms. The number of oxazole rings is 1. The van der Waals surface area contributed by atoms with Crippen LogP contribution in [-0.4, -0.2) is 27.4 Å². The number of aryl methyl sites for hydroxylation is 1. The van der Waals surface area contributed by atoms with E-state index in [1.807, 2.05) is 0 Å². The second-order valence-corrected chi connectivity index (χ2v) is 7.41. The van der Waals surface area contributed by atoms with Crippen LogP contribution in [0.15, 0.2) is 57.7 Å². The number of nitrogens with one attached hydrogen (secondary N) is 2. The Morgan fingerprint density at radius 2 is 1.90 bits per heavy atom. The fraction of sp³-hybridized carbons (Fsp3) is 0.200. The molecule has 4 rings (SSSR count). The molecule has 1 atom stereocenters. The van der Waals surface area contributed by atoms with Gasteiger partial charge in [-0.25, -0.2) is 9.59 Å². The van der Waals surface area contributed by atoms with Crippen LogP contribution in [-0.2, 0) is 21.7 Å². The fourth-order valence-corrected chi connectivity index (χ4v) is 3.52. The Kier molecular flexibility index (Phi) is 4.83. The molecule has 9 nitrogen and oxygen atoms in total. The Morgan fingerprint density at radius 3 is 2.63 bits per heavy atom. The lowest BCUT2D eigenvalue weighted by molar-refractivity contribution is -0.139. The first kappa shape index (κ1) is 19.7. The second kappa shape index (κ2) is 7.34. The van der Waals surface area contributed by atoms with Crippen molar-refractivity contribution in [1.82, 2.24) is 20.3 Å². The molecule has 1 aromatic heterocycles. The average Bonchev–Trinajstić information content (AvgIpc) is 3.14. The molecule has 0 bridgehead atoms. The van der Waals surface area contributed by atoms with Crippen LogP contribution >= 0.6 is 11.6 Å². The number of hydrogen-bond donors (Lipinski definition) is 2. The van der Waals surface area contributed by atoms with Crippen LogP contribution in [0.5, 0.6) is 0 Å². The van der Waals surface area contributed by atoms with E-state index in [4.69, 9.17) is 16.0 Å². The summed E-state index contributed by atoms with van der Waals surface area (Å²) in [6, 6.07) is 12.7. The lowest BCUT2D eigenvalue weighted by Crippen LogP contribution is -2.48. The first-order valence-electron chi connectivity index (χ1n) is 9.10. The van der Waals surface area contributed by atoms with Crippen molar-refractivity contribution in [2.24, 2.45) is 0 Å². The zero-order valence-corrected chi connectivity index (χ0v) is 16.6. The Morgan fingerprint density at radius 1 is 1.17 bits per heavy atom. The molecule has 1 saturated heterocycles. The van der Waals surface area contributed by atoms with Gasteiger partial charge < -0.3 is 9.73 Å². The van der Waals surface area contributed by atoms with Crippen LogP contribution in [0.4, 0.5) is 4.79 Å². The number of rotatable bonds is 5. The SMILES string of the molecule is C[C@]1(c2ccccc2)NC(=O)N(NC(=O)CCn2c(=O)oc3cc(Cl)ccc32)C1=O. The topological polar surface area (TPSA) is 114 Å². The van der Waals surface area contributed by atoms with Gasteiger partial charge in [0.1, 0.15) is 5.54 Å². The number of carbonyl (C=O) groups excluding carboxylic acids is 3. The van der Waals surface area contributed by atoms with Gasteiger partial charge >= 0.3 is 11.8 Å². The van der Waals surface area contributed by atoms with E-state index in [0.717, 1.165) is 0 Å². The summed E-state index contributed by atoms with van der Waals surface area (Å²) >= 11 is 5.89. The normalized spacial score (nSPS) is 18.7. The van der Waals surface area contributed by atoms with Gasteiger partial charge in [0, 0.05) is 24.1 Å². The van der Waals surface area contributed by atoms with Gasteiger partial charge in [-0.2, -0.15) is 5.01 Å². The van der Waals surface area contributed by atoms with E-state index in [9.17, 15) is 19.2 Å². The molecule has 154 valence electrons. The lowest BCUT2D eigenvalue weighted by Gasteiger charge is -2.22. The predicted molar refractivity (Wildman–Crippen MR) is 107 cm³/mol. The summed E-state index contributed by atoms with van der Waals surface area (Å²) < 4.78 is 6.40. The molecule has 2 heterocycles. The molecule has 1 aliphatic heterocycles. The Balaban J connectivity index is 1.46. The van der Waals surface area contributed by atoms with Crippen LogP contribution in [0, 0.1) is 0 Å². The summed E-state index contributed by atoms with van der Waals surface area (Å²) in [5.74, 6) is -1.84. The van der Waals surface area contributed by atoms with Crippen molar-refractivity contribution >= 4 is 40.5 Å². The van der Waals surface area contributed by atoms with Gasteiger partial charge in [-0.15, -0.1) is 0 Å². The number of urea groups is 1. The standard InChI is InChI=1S/C20H17ClN4O5/c1-20(12-5-3-2-4-6-12)17(27)25(18(28)22-20)23-16(26)9-10-24-14-8-7-13(21)11-15(14)30-19(24)29/h2-8,11H,9-10H2,1H3,(H,22,28)(H,23,26)/t20-/m1/s1. The minimum absolute atomic E-state index is 0.00109. The molecule has 0 aliphatic carbocycles. The van der Waals surface area contributed by atoms with Gasteiger partial charge in [0.05, 0.1) is 5.52 Å². The van der Waals surface area contributed by atoms with Gasteiger partial charge in [-0.3, -0.25) is 19.6 Å². The van der Waals surface area contributed by atoms with Crippen molar-refractivity contribution in [2.45, 2.75) is 25.4 Å². The number of fused-ring (bicyclic) bond motifs is 1. The number of benzene rings is 2. The summed E-state index contributed by atoms with van der Waals surface area (Å²) in [6.07, 6.45) is -0.156. The van der Waals surface area contributed by atoms with Crippen molar-refractivity contribution in [3.8, 4) is 0 Å². The molecule has 4 amide bonds. The average molecular weight is 429 g/mol. The maximum absolute atomic E-state index is 12.8. The van der Waals surface area contributed by atoms with Crippen LogP contribution in [0.3, 0.4) is 0 Å². The van der Waals surface area contributed by atoms with E-state index in [2.05, 4.69) is 10.7 Å². The minimum Gasteiger partial charge on any atom is -0.408 e. The molecular formula is C20H17ClN4O5. The summed E-state index contributed by atoms with van der Waals surface area (Å²) in [4.78, 5) is 49.5. The molecule has 0 spiro atoms. The van der Waals surface area contributed by atoms with Crippen molar-refractivity contribution in [3.05, 3.63) is 69.7 Å². The smallest absolute Gasteiger partial charge is 0.408 e. The van der Waals surface area contributed by atoms with Crippen molar-refractivity contribution < 1.29 is 18.8 Å². The maximum atomic E-state index is 12.8. The molecule has 3 aromatic rings. The van der Waals surface area contributed by atoms with Crippen LogP contribution in [0.1, 0.15) is 18.9 Å². The number of carbonyl (C=O) groups is 3. The van der Waals surface area contributed by atoms with Crippen LogP contribution in [0.25, 0.3) is 11.1 Å². The highest BCUT2D eigenvalue weighted by atomic mass is 35.5. The van der Waals surface area contributed by atoms with Crippen molar-refractivity contribution in [3.63, 3.8) is 0 Å². The molecule has 0 unspecified atom stereocenters. The van der Waals surface area contributed by atoms with Gasteiger partial charge in [-0.05, 0) is 24.6 Å². The number of imide groups is 1. The largest absolute Gasteiger partial charge is 0.419 e. The molecular weight excluding hydrogens is 412 g/mol. The van der Waals surface area contributed by atoms with Gasteiger partial charge in [0.15, 0.2) is 5.58 Å². The first-order valence-corrected chi connectivity index (χ1v) is 9.48. The number of hydrogen-bond acceptors (Lipinski definition) is 5. The van der Waals surface area contributed by atoms with Gasteiger partial charge in [0.2, 0.25) is 5.91 Å². The number of hydrazine groups is 1. The van der Waals surface area contributed by atoms with Crippen LogP contribution in [0.2, 0.25) is 5.02 Å². The van der Waals surface area contributed by atoms with Crippen molar-refractivity contribution in [2.75, 3.05) is 0 Å². The fourth-order valence-electron chi connectivity index (χ4n) is 3.35. The summed E-state index contributed by atoms with van der Waals surface area (Å²) in [5.41, 5.74) is 2.41. The number of nitrogens with zero attached hydrogens (tertiary/aromatic N) is 2. The van der Waals surface area contributed by atoms with Crippen LogP contribution < -0.4 is 16.5 Å².